The van der Waals surface area contributed by atoms with Crippen molar-refractivity contribution in [2.45, 2.75) is 347 Å². The fourth-order valence-electron chi connectivity index (χ4n) is 11.4. The molecular weight excluding hydrogens is 1270 g/mol. The summed E-state index contributed by atoms with van der Waals surface area (Å²) in [5.74, 6) is -2.00. The fraction of sp³-hybridized carbons (Fsp3) is 0.649. The Morgan fingerprint density at radius 1 is 0.291 bits per heavy atom. The van der Waals surface area contributed by atoms with Crippen molar-refractivity contribution in [2.24, 2.45) is 0 Å². The number of unbranched alkanes of at least 4 members (excludes halogenated alkanes) is 31. The first-order valence-electron chi connectivity index (χ1n) is 41.9. The molecule has 0 bridgehead atoms. The van der Waals surface area contributed by atoms with Gasteiger partial charge < -0.3 is 28.5 Å². The third-order valence-corrected chi connectivity index (χ3v) is 17.7. The van der Waals surface area contributed by atoms with E-state index in [4.69, 9.17) is 18.9 Å². The molecule has 0 saturated heterocycles. The van der Waals surface area contributed by atoms with Crippen molar-refractivity contribution < 1.29 is 42.9 Å². The van der Waals surface area contributed by atoms with Crippen LogP contribution in [0, 0.1) is 0 Å². The normalized spacial score (nSPS) is 13.6. The first kappa shape index (κ1) is 97.4. The van der Waals surface area contributed by atoms with Gasteiger partial charge in [-0.2, -0.15) is 0 Å². The number of nitrogens with zero attached hydrogens (tertiary/aromatic N) is 1. The summed E-state index contributed by atoms with van der Waals surface area (Å²) in [5, 5.41) is 9.79. The molecule has 0 amide bonds. The van der Waals surface area contributed by atoms with E-state index >= 15 is 0 Å². The minimum atomic E-state index is -1.52. The summed E-state index contributed by atoms with van der Waals surface area (Å²) in [6, 6.07) is 0. The van der Waals surface area contributed by atoms with Crippen molar-refractivity contribution in [3.8, 4) is 0 Å². The summed E-state index contributed by atoms with van der Waals surface area (Å²) in [6.45, 7) is 4.66. The number of quaternary nitrogens is 1. The Morgan fingerprint density at radius 2 is 0.524 bits per heavy atom. The van der Waals surface area contributed by atoms with Crippen LogP contribution in [0.3, 0.4) is 0 Å². The van der Waals surface area contributed by atoms with E-state index in [1.807, 2.05) is 21.1 Å². The average molecular weight is 1430 g/mol. The summed E-state index contributed by atoms with van der Waals surface area (Å²) < 4.78 is 23.1. The van der Waals surface area contributed by atoms with Crippen molar-refractivity contribution in [3.05, 3.63) is 182 Å². The van der Waals surface area contributed by atoms with E-state index in [1.54, 1.807) is 0 Å². The summed E-state index contributed by atoms with van der Waals surface area (Å²) in [7, 11) is 5.98. The third-order valence-electron chi connectivity index (χ3n) is 17.7. The second kappa shape index (κ2) is 82.1. The number of allylic oxidation sites excluding steroid dienone is 30. The first-order chi connectivity index (χ1) is 50.6. The smallest absolute Gasteiger partial charge is 0.361 e. The van der Waals surface area contributed by atoms with Crippen molar-refractivity contribution in [2.75, 3.05) is 47.5 Å². The lowest BCUT2D eigenvalue weighted by Crippen LogP contribution is -2.40. The lowest BCUT2D eigenvalue weighted by Gasteiger charge is -2.25. The van der Waals surface area contributed by atoms with Gasteiger partial charge >= 0.3 is 17.9 Å². The van der Waals surface area contributed by atoms with Crippen molar-refractivity contribution in [3.63, 3.8) is 0 Å². The highest BCUT2D eigenvalue weighted by Gasteiger charge is 2.25. The third kappa shape index (κ3) is 83.5. The zero-order chi connectivity index (χ0) is 74.6. The Labute approximate surface area is 634 Å². The summed E-state index contributed by atoms with van der Waals surface area (Å²) >= 11 is 0. The van der Waals surface area contributed by atoms with Gasteiger partial charge in [0, 0.05) is 12.8 Å². The van der Waals surface area contributed by atoms with Gasteiger partial charge in [-0.1, -0.05) is 369 Å². The molecule has 0 fully saturated rings. The Morgan fingerprint density at radius 3 is 0.777 bits per heavy atom. The molecule has 9 heteroatoms. The highest BCUT2D eigenvalue weighted by molar-refractivity contribution is 5.71. The van der Waals surface area contributed by atoms with Crippen LogP contribution >= 0.6 is 0 Å². The van der Waals surface area contributed by atoms with Gasteiger partial charge in [0.25, 0.3) is 6.29 Å². The summed E-state index contributed by atoms with van der Waals surface area (Å²) in [5.41, 5.74) is 0. The number of carbonyl (C=O) groups excluding carboxylic acids is 2. The van der Waals surface area contributed by atoms with Gasteiger partial charge in [-0.3, -0.25) is 9.59 Å². The minimum absolute atomic E-state index is 0.182. The molecule has 0 aliphatic carbocycles. The van der Waals surface area contributed by atoms with Crippen LogP contribution in [0.25, 0.3) is 0 Å². The largest absolute Gasteiger partial charge is 0.477 e. The molecule has 0 aromatic rings. The first-order valence-corrected chi connectivity index (χ1v) is 41.9. The zero-order valence-corrected chi connectivity index (χ0v) is 66.9. The number of hydrogen-bond donors (Lipinski definition) is 1. The topological polar surface area (TPSA) is 108 Å². The molecule has 584 valence electrons. The maximum absolute atomic E-state index is 13.0. The Balaban J connectivity index is 4.04. The fourth-order valence-corrected chi connectivity index (χ4v) is 11.4. The predicted molar refractivity (Wildman–Crippen MR) is 446 cm³/mol. The Hall–Kier alpha value is -5.61. The predicted octanol–water partition coefficient (Wildman–Crippen LogP) is 27.5. The van der Waals surface area contributed by atoms with Crippen LogP contribution in [-0.2, 0) is 33.3 Å². The second-order valence-corrected chi connectivity index (χ2v) is 28.7. The van der Waals surface area contributed by atoms with Gasteiger partial charge in [-0.25, -0.2) is 4.79 Å². The van der Waals surface area contributed by atoms with Crippen LogP contribution in [0.5, 0.6) is 0 Å². The maximum atomic E-state index is 13.0. The lowest BCUT2D eigenvalue weighted by molar-refractivity contribution is -0.870. The molecule has 0 radical (unpaired) electrons. The van der Waals surface area contributed by atoms with Crippen molar-refractivity contribution in [1.29, 1.82) is 0 Å². The molecular formula is C94H156NO8+. The van der Waals surface area contributed by atoms with E-state index in [0.29, 0.717) is 23.9 Å². The highest BCUT2D eigenvalue weighted by atomic mass is 16.7. The second-order valence-electron chi connectivity index (χ2n) is 28.7. The number of aliphatic carboxylic acids is 1. The van der Waals surface area contributed by atoms with E-state index in [0.717, 1.165) is 135 Å². The van der Waals surface area contributed by atoms with Crippen LogP contribution < -0.4 is 0 Å². The molecule has 1 N–H and O–H groups in total. The Bertz CT molecular complexity index is 2360. The van der Waals surface area contributed by atoms with E-state index in [-0.39, 0.29) is 32.2 Å². The Kier molecular flexibility index (Phi) is 77.6. The number of esters is 2. The molecule has 0 aliphatic rings. The molecule has 9 nitrogen and oxygen atoms in total. The van der Waals surface area contributed by atoms with Crippen LogP contribution in [-0.4, -0.2) is 87.4 Å². The lowest BCUT2D eigenvalue weighted by atomic mass is 10.0. The van der Waals surface area contributed by atoms with Gasteiger partial charge in [0.1, 0.15) is 13.2 Å². The molecule has 0 heterocycles. The van der Waals surface area contributed by atoms with E-state index in [2.05, 4.69) is 196 Å². The molecule has 0 spiro atoms. The highest BCUT2D eigenvalue weighted by Crippen LogP contribution is 2.18. The van der Waals surface area contributed by atoms with Gasteiger partial charge in [-0.05, 0) is 135 Å². The number of ether oxygens (including phenoxy) is 4. The van der Waals surface area contributed by atoms with Gasteiger partial charge in [-0.15, -0.1) is 0 Å². The van der Waals surface area contributed by atoms with E-state index in [9.17, 15) is 19.5 Å². The molecule has 0 aliphatic heterocycles. The maximum Gasteiger partial charge on any atom is 0.361 e. The number of hydrogen-bond acceptors (Lipinski definition) is 7. The summed E-state index contributed by atoms with van der Waals surface area (Å²) in [6.07, 6.45) is 122. The molecule has 0 aromatic heterocycles. The van der Waals surface area contributed by atoms with Crippen LogP contribution in [0.4, 0.5) is 0 Å². The minimum Gasteiger partial charge on any atom is -0.477 e. The molecule has 2 unspecified atom stereocenters. The number of likely N-dealkylation sites (N-methyl/N-ethyl adjacent to an activating group) is 1. The van der Waals surface area contributed by atoms with Crippen molar-refractivity contribution >= 4 is 17.9 Å². The van der Waals surface area contributed by atoms with Crippen LogP contribution in [0.15, 0.2) is 182 Å². The SMILES string of the molecule is CC/C=C\C/C=C\C/C=C\C/C=C\C/C=C\C/C=C\C/C=C\C/C=C\CCCCCCCCCCCCCCCCC(=O)OC(COC(=O)CCCCCCCCCCCCCCCCCCC/C=C\C/C=C\C/C=C\C/C=C\C/C=C\C/C=C\C/C=C\CC)COC(OCC[N+](C)(C)C)C(=O)O. The van der Waals surface area contributed by atoms with Gasteiger partial charge in [0.05, 0.1) is 34.4 Å². The molecule has 2 atom stereocenters. The van der Waals surface area contributed by atoms with E-state index < -0.39 is 24.3 Å². The number of carboxylic acid groups (broad SMARTS) is 1. The molecule has 0 aromatic carbocycles. The number of carboxylic acids is 1. The number of carbonyl (C=O) groups is 3. The zero-order valence-electron chi connectivity index (χ0n) is 66.9. The molecule has 0 saturated carbocycles. The molecule has 0 rings (SSSR count). The monoisotopic (exact) mass is 1430 g/mol. The standard InChI is InChI=1S/C94H155NO8/c1-6-8-10-12-14-16-18-20-22-24-26-28-30-32-34-36-38-40-42-44-46-48-50-52-54-56-58-60-62-64-66-68-70-72-74-76-78-80-82-84-91(96)101-88-90(89-102-94(93(98)99)100-87-86-95(3,4)5)103-92(97)85-83-81-79-77-75-73-71-69-67-65-63-61-59-57-55-53-51-49-47-45-43-41-39-37-35-33-31-29-27-25-23-21-19-17-15-13-11-9-7-2/h8-11,14-17,20-23,26-29,32-35,38-41,44-47,51,53,90,94H,6-7,12-13,18-19,24-25,30-31,36-37,42-43,48-50,52,54-89H2,1-5H3/p+1/b10-8-,11-9-,16-14-,17-15-,22-20-,23-21-,28-26-,29-27-,34-32-,35-33-,40-38-,41-39-,46-44-,47-45-,53-51-. The quantitative estimate of drug-likeness (QED) is 0.0211. The van der Waals surface area contributed by atoms with Crippen LogP contribution in [0.1, 0.15) is 335 Å². The van der Waals surface area contributed by atoms with E-state index in [1.165, 1.54) is 167 Å². The average Bonchev–Trinajstić information content (AvgIpc) is 0.985. The summed E-state index contributed by atoms with van der Waals surface area (Å²) in [4.78, 5) is 37.8. The van der Waals surface area contributed by atoms with Crippen LogP contribution in [0.2, 0.25) is 0 Å². The number of rotatable bonds is 76. The van der Waals surface area contributed by atoms with Gasteiger partial charge in [0.15, 0.2) is 6.10 Å². The van der Waals surface area contributed by atoms with Crippen molar-refractivity contribution in [1.82, 2.24) is 0 Å². The van der Waals surface area contributed by atoms with Gasteiger partial charge in [0.2, 0.25) is 0 Å². The molecule has 103 heavy (non-hydrogen) atoms.